The molecule has 0 fully saturated rings. The molecule has 0 aliphatic rings. The van der Waals surface area contributed by atoms with Crippen LogP contribution in [0.2, 0.25) is 0 Å². The Morgan fingerprint density at radius 3 is 2.47 bits per heavy atom. The Morgan fingerprint density at radius 1 is 0.765 bits per heavy atom. The fraction of sp³-hybridized carbons (Fsp3) is 0. The van der Waals surface area contributed by atoms with Crippen LogP contribution < -0.4 is 5.43 Å². The minimum absolute atomic E-state index is 0.0888. The quantitative estimate of drug-likeness (QED) is 0.445. The first kappa shape index (κ1) is 8.76. The van der Waals surface area contributed by atoms with Crippen LogP contribution >= 0.6 is 0 Å². The van der Waals surface area contributed by atoms with Gasteiger partial charge in [-0.25, -0.2) is 0 Å². The van der Waals surface area contributed by atoms with Gasteiger partial charge in [-0.15, -0.1) is 0 Å². The fourth-order valence-corrected chi connectivity index (χ4v) is 2.64. The van der Waals surface area contributed by atoms with E-state index in [9.17, 15) is 4.79 Å². The molecule has 2 aromatic heterocycles. The lowest BCUT2D eigenvalue weighted by Gasteiger charge is -1.98. The van der Waals surface area contributed by atoms with E-state index in [0.717, 1.165) is 21.8 Å². The molecule has 0 radical (unpaired) electrons. The SMILES string of the molecule is O=c1ccn2c3ccccc3c3cccc1c32. The van der Waals surface area contributed by atoms with Crippen LogP contribution in [-0.4, -0.2) is 4.40 Å². The highest BCUT2D eigenvalue weighted by Gasteiger charge is 2.10. The van der Waals surface area contributed by atoms with Crippen molar-refractivity contribution >= 4 is 27.2 Å². The van der Waals surface area contributed by atoms with Crippen molar-refractivity contribution in [3.63, 3.8) is 0 Å². The molecule has 0 N–H and O–H groups in total. The largest absolute Gasteiger partial charge is 0.315 e. The van der Waals surface area contributed by atoms with E-state index in [4.69, 9.17) is 0 Å². The van der Waals surface area contributed by atoms with Crippen LogP contribution in [0.5, 0.6) is 0 Å². The average molecular weight is 219 g/mol. The van der Waals surface area contributed by atoms with Gasteiger partial charge < -0.3 is 4.40 Å². The van der Waals surface area contributed by atoms with Crippen LogP contribution in [0.15, 0.2) is 59.5 Å². The smallest absolute Gasteiger partial charge is 0.189 e. The lowest BCUT2D eigenvalue weighted by Crippen LogP contribution is -2.01. The predicted octanol–water partition coefficient (Wildman–Crippen LogP) is 3.04. The number of benzene rings is 2. The molecular formula is C15H9NO. The van der Waals surface area contributed by atoms with E-state index in [2.05, 4.69) is 22.6 Å². The van der Waals surface area contributed by atoms with Gasteiger partial charge in [0.25, 0.3) is 0 Å². The third kappa shape index (κ3) is 0.972. The van der Waals surface area contributed by atoms with Crippen molar-refractivity contribution in [2.45, 2.75) is 0 Å². The summed E-state index contributed by atoms with van der Waals surface area (Å²) in [5.41, 5.74) is 2.27. The summed E-state index contributed by atoms with van der Waals surface area (Å²) in [5.74, 6) is 0. The van der Waals surface area contributed by atoms with Crippen LogP contribution in [0.3, 0.4) is 0 Å². The third-order valence-electron chi connectivity index (χ3n) is 3.37. The molecule has 2 aromatic carbocycles. The molecule has 2 heterocycles. The van der Waals surface area contributed by atoms with Crippen LogP contribution in [-0.2, 0) is 0 Å². The van der Waals surface area contributed by atoms with Gasteiger partial charge in [0, 0.05) is 28.4 Å². The zero-order chi connectivity index (χ0) is 11.4. The number of rotatable bonds is 0. The molecule has 0 aliphatic carbocycles. The van der Waals surface area contributed by atoms with Crippen molar-refractivity contribution in [1.82, 2.24) is 4.40 Å². The second-order valence-corrected chi connectivity index (χ2v) is 4.27. The van der Waals surface area contributed by atoms with Gasteiger partial charge in [-0.2, -0.15) is 0 Å². The first-order valence-electron chi connectivity index (χ1n) is 5.60. The molecule has 2 heteroatoms. The number of aromatic nitrogens is 1. The predicted molar refractivity (Wildman–Crippen MR) is 69.9 cm³/mol. The Labute approximate surface area is 97.1 Å². The second kappa shape index (κ2) is 2.86. The Bertz CT molecular complexity index is 870. The van der Waals surface area contributed by atoms with E-state index >= 15 is 0 Å². The van der Waals surface area contributed by atoms with Gasteiger partial charge in [0.05, 0.1) is 11.0 Å². The van der Waals surface area contributed by atoms with Gasteiger partial charge in [0.1, 0.15) is 0 Å². The van der Waals surface area contributed by atoms with Gasteiger partial charge in [-0.1, -0.05) is 30.3 Å². The standard InChI is InChI=1S/C15H9NO/c17-14-8-9-16-13-7-2-1-4-10(13)11-5-3-6-12(14)15(11)16/h1-9H. The lowest BCUT2D eigenvalue weighted by atomic mass is 10.1. The number of hydrogen-bond donors (Lipinski definition) is 0. The Hall–Kier alpha value is -2.35. The molecule has 0 bridgehead atoms. The normalized spacial score (nSPS) is 11.8. The average Bonchev–Trinajstić information content (AvgIpc) is 2.70. The summed E-state index contributed by atoms with van der Waals surface area (Å²) < 4.78 is 2.10. The zero-order valence-corrected chi connectivity index (χ0v) is 9.05. The van der Waals surface area contributed by atoms with E-state index in [1.54, 1.807) is 6.07 Å². The summed E-state index contributed by atoms with van der Waals surface area (Å²) in [6.07, 6.45) is 1.86. The van der Waals surface area contributed by atoms with Gasteiger partial charge in [-0.05, 0) is 12.1 Å². The molecule has 4 rings (SSSR count). The summed E-state index contributed by atoms with van der Waals surface area (Å²) in [5, 5.41) is 3.14. The van der Waals surface area contributed by atoms with E-state index < -0.39 is 0 Å². The van der Waals surface area contributed by atoms with Crippen molar-refractivity contribution in [1.29, 1.82) is 0 Å². The molecule has 2 nitrogen and oxygen atoms in total. The zero-order valence-electron chi connectivity index (χ0n) is 9.05. The van der Waals surface area contributed by atoms with Crippen LogP contribution in [0, 0.1) is 0 Å². The number of hydrogen-bond acceptors (Lipinski definition) is 1. The minimum atomic E-state index is 0.0888. The molecular weight excluding hydrogens is 210 g/mol. The molecule has 4 aromatic rings. The Balaban J connectivity index is 2.54. The summed E-state index contributed by atoms with van der Waals surface area (Å²) in [4.78, 5) is 11.8. The molecule has 0 saturated heterocycles. The summed E-state index contributed by atoms with van der Waals surface area (Å²) in [6.45, 7) is 0. The van der Waals surface area contributed by atoms with Gasteiger partial charge in [0.15, 0.2) is 5.43 Å². The monoisotopic (exact) mass is 219 g/mol. The molecule has 0 saturated carbocycles. The third-order valence-corrected chi connectivity index (χ3v) is 3.37. The first-order valence-corrected chi connectivity index (χ1v) is 5.60. The highest BCUT2D eigenvalue weighted by atomic mass is 16.1. The Morgan fingerprint density at radius 2 is 1.53 bits per heavy atom. The maximum absolute atomic E-state index is 11.8. The molecule has 0 unspecified atom stereocenters. The molecule has 0 spiro atoms. The van der Waals surface area contributed by atoms with Crippen molar-refractivity contribution < 1.29 is 0 Å². The van der Waals surface area contributed by atoms with E-state index in [-0.39, 0.29) is 5.43 Å². The maximum Gasteiger partial charge on any atom is 0.189 e. The number of para-hydroxylation sites is 2. The van der Waals surface area contributed by atoms with Crippen molar-refractivity contribution in [3.05, 3.63) is 65.0 Å². The highest BCUT2D eigenvalue weighted by Crippen LogP contribution is 2.29. The summed E-state index contributed by atoms with van der Waals surface area (Å²) in [6, 6.07) is 15.8. The van der Waals surface area contributed by atoms with Crippen LogP contribution in [0.25, 0.3) is 27.2 Å². The molecule has 0 aliphatic heterocycles. The molecule has 0 amide bonds. The first-order chi connectivity index (χ1) is 8.36. The number of fused-ring (bicyclic) bond motifs is 3. The van der Waals surface area contributed by atoms with Gasteiger partial charge in [-0.3, -0.25) is 4.79 Å². The second-order valence-electron chi connectivity index (χ2n) is 4.27. The Kier molecular flexibility index (Phi) is 1.47. The van der Waals surface area contributed by atoms with Crippen molar-refractivity contribution in [2.24, 2.45) is 0 Å². The van der Waals surface area contributed by atoms with Crippen molar-refractivity contribution in [3.8, 4) is 0 Å². The van der Waals surface area contributed by atoms with E-state index in [1.807, 2.05) is 30.5 Å². The molecule has 17 heavy (non-hydrogen) atoms. The summed E-state index contributed by atoms with van der Waals surface area (Å²) in [7, 11) is 0. The molecule has 80 valence electrons. The number of nitrogens with zero attached hydrogens (tertiary/aromatic N) is 1. The topological polar surface area (TPSA) is 21.5 Å². The molecule has 0 atom stereocenters. The minimum Gasteiger partial charge on any atom is -0.315 e. The van der Waals surface area contributed by atoms with E-state index in [1.165, 1.54) is 5.39 Å². The number of pyridine rings is 1. The van der Waals surface area contributed by atoms with Gasteiger partial charge >= 0.3 is 0 Å². The van der Waals surface area contributed by atoms with Crippen LogP contribution in [0.4, 0.5) is 0 Å². The van der Waals surface area contributed by atoms with Gasteiger partial charge in [0.2, 0.25) is 0 Å². The highest BCUT2D eigenvalue weighted by molar-refractivity contribution is 6.13. The summed E-state index contributed by atoms with van der Waals surface area (Å²) >= 11 is 0. The maximum atomic E-state index is 11.8. The van der Waals surface area contributed by atoms with E-state index in [0.29, 0.717) is 0 Å². The fourth-order valence-electron chi connectivity index (χ4n) is 2.64. The van der Waals surface area contributed by atoms with Crippen LogP contribution in [0.1, 0.15) is 0 Å². The van der Waals surface area contributed by atoms with Crippen molar-refractivity contribution in [2.75, 3.05) is 0 Å². The lowest BCUT2D eigenvalue weighted by molar-refractivity contribution is 1.26.